The quantitative estimate of drug-likeness (QED) is 0.552. The second kappa shape index (κ2) is 11.1. The highest BCUT2D eigenvalue weighted by molar-refractivity contribution is 6.30. The number of amides is 1. The summed E-state index contributed by atoms with van der Waals surface area (Å²) in [7, 11) is 0. The molecule has 0 aliphatic carbocycles. The zero-order chi connectivity index (χ0) is 23.2. The van der Waals surface area contributed by atoms with Gasteiger partial charge in [-0.3, -0.25) is 14.7 Å². The minimum absolute atomic E-state index is 0.00880. The normalized spacial score (nSPS) is 20.5. The molecule has 0 radical (unpaired) electrons. The molecule has 7 nitrogen and oxygen atoms in total. The molecule has 2 aliphatic heterocycles. The van der Waals surface area contributed by atoms with E-state index in [0.717, 1.165) is 55.6 Å². The zero-order valence-electron chi connectivity index (χ0n) is 19.1. The molecule has 1 aromatic carbocycles. The minimum atomic E-state index is -0.00880. The van der Waals surface area contributed by atoms with Crippen molar-refractivity contribution >= 4 is 28.8 Å². The summed E-state index contributed by atoms with van der Waals surface area (Å²) in [6.07, 6.45) is 9.67. The van der Waals surface area contributed by atoms with Gasteiger partial charge in [0.1, 0.15) is 0 Å². The SMILES string of the molecule is CCCNC(=O)CCN1CCC[C@@H]1CN1C=C(Cc2ccc(Cl)cc2)c2ccncc2[NH+]1[O-]. The van der Waals surface area contributed by atoms with Crippen LogP contribution < -0.4 is 10.5 Å². The summed E-state index contributed by atoms with van der Waals surface area (Å²) in [5, 5.41) is 18.8. The number of nitrogens with one attached hydrogen (secondary N) is 2. The van der Waals surface area contributed by atoms with Gasteiger partial charge in [0.05, 0.1) is 18.9 Å². The van der Waals surface area contributed by atoms with Crippen LogP contribution in [-0.2, 0) is 11.2 Å². The predicted octanol–water partition coefficient (Wildman–Crippen LogP) is 2.94. The number of fused-ring (bicyclic) bond motifs is 1. The van der Waals surface area contributed by atoms with Gasteiger partial charge in [0.25, 0.3) is 0 Å². The summed E-state index contributed by atoms with van der Waals surface area (Å²) >= 11 is 6.05. The number of benzene rings is 1. The lowest BCUT2D eigenvalue weighted by Gasteiger charge is -2.40. The molecule has 33 heavy (non-hydrogen) atoms. The van der Waals surface area contributed by atoms with Crippen molar-refractivity contribution in [3.63, 3.8) is 0 Å². The Morgan fingerprint density at radius 3 is 2.91 bits per heavy atom. The predicted molar refractivity (Wildman–Crippen MR) is 131 cm³/mol. The average Bonchev–Trinajstić information content (AvgIpc) is 3.27. The van der Waals surface area contributed by atoms with Crippen LogP contribution in [0.5, 0.6) is 0 Å². The molecule has 1 unspecified atom stereocenters. The van der Waals surface area contributed by atoms with E-state index in [-0.39, 0.29) is 17.1 Å². The number of carbonyl (C=O) groups is 1. The van der Waals surface area contributed by atoms with Gasteiger partial charge in [0.15, 0.2) is 5.69 Å². The van der Waals surface area contributed by atoms with Gasteiger partial charge < -0.3 is 10.5 Å². The summed E-state index contributed by atoms with van der Waals surface area (Å²) in [6, 6.07) is 10.00. The number of halogens is 1. The number of hydrogen-bond donors (Lipinski definition) is 2. The molecule has 0 bridgehead atoms. The molecular weight excluding hydrogens is 438 g/mol. The molecule has 3 heterocycles. The molecule has 4 rings (SSSR count). The second-order valence-electron chi connectivity index (χ2n) is 8.77. The Balaban J connectivity index is 1.48. The first-order valence-corrected chi connectivity index (χ1v) is 12.1. The van der Waals surface area contributed by atoms with Crippen molar-refractivity contribution in [1.82, 2.24) is 20.2 Å². The van der Waals surface area contributed by atoms with Crippen LogP contribution in [0.1, 0.15) is 43.7 Å². The first-order valence-electron chi connectivity index (χ1n) is 11.8. The van der Waals surface area contributed by atoms with E-state index in [1.807, 2.05) is 41.5 Å². The Hall–Kier alpha value is -2.45. The number of rotatable bonds is 9. The molecule has 1 saturated heterocycles. The number of quaternary nitrogens is 1. The van der Waals surface area contributed by atoms with Crippen molar-refractivity contribution < 1.29 is 9.97 Å². The third kappa shape index (κ3) is 5.92. The lowest BCUT2D eigenvalue weighted by Crippen LogP contribution is -3.09. The molecule has 2 aromatic rings. The first-order chi connectivity index (χ1) is 16.0. The second-order valence-corrected chi connectivity index (χ2v) is 9.20. The topological polar surface area (TPSA) is 76.0 Å². The fourth-order valence-corrected chi connectivity index (χ4v) is 4.76. The fourth-order valence-electron chi connectivity index (χ4n) is 4.64. The molecule has 1 aromatic heterocycles. The van der Waals surface area contributed by atoms with E-state index >= 15 is 0 Å². The average molecular weight is 470 g/mol. The summed E-state index contributed by atoms with van der Waals surface area (Å²) < 4.78 is 0. The van der Waals surface area contributed by atoms with E-state index in [0.29, 0.717) is 30.1 Å². The van der Waals surface area contributed by atoms with Gasteiger partial charge >= 0.3 is 0 Å². The van der Waals surface area contributed by atoms with E-state index in [1.165, 1.54) is 0 Å². The molecule has 2 aliphatic rings. The number of likely N-dealkylation sites (tertiary alicyclic amines) is 1. The molecule has 0 spiro atoms. The minimum Gasteiger partial charge on any atom is -0.603 e. The number of aromatic nitrogens is 1. The van der Waals surface area contributed by atoms with Crippen LogP contribution in [0.2, 0.25) is 5.02 Å². The highest BCUT2D eigenvalue weighted by atomic mass is 35.5. The Kier molecular flexibility index (Phi) is 7.98. The molecule has 8 heteroatoms. The fraction of sp³-hybridized carbons (Fsp3) is 0.440. The van der Waals surface area contributed by atoms with Crippen LogP contribution in [0, 0.1) is 5.21 Å². The maximum Gasteiger partial charge on any atom is 0.221 e. The maximum absolute atomic E-state index is 13.3. The van der Waals surface area contributed by atoms with Gasteiger partial charge in [-0.15, -0.1) is 0 Å². The molecular formula is C25H32ClN5O2. The van der Waals surface area contributed by atoms with Crippen molar-refractivity contribution in [1.29, 1.82) is 0 Å². The first kappa shape index (κ1) is 23.7. The summed E-state index contributed by atoms with van der Waals surface area (Å²) in [5.74, 6) is 0.0988. The summed E-state index contributed by atoms with van der Waals surface area (Å²) in [4.78, 5) is 18.6. The lowest BCUT2D eigenvalue weighted by molar-refractivity contribution is -0.903. The number of pyridine rings is 1. The Morgan fingerprint density at radius 2 is 2.12 bits per heavy atom. The monoisotopic (exact) mass is 469 g/mol. The van der Waals surface area contributed by atoms with Gasteiger partial charge in [0.2, 0.25) is 5.91 Å². The van der Waals surface area contributed by atoms with Crippen molar-refractivity contribution in [3.8, 4) is 0 Å². The number of nitrogens with zero attached hydrogens (tertiary/aromatic N) is 3. The third-order valence-corrected chi connectivity index (χ3v) is 6.63. The number of allylic oxidation sites excluding steroid dienone is 1. The maximum atomic E-state index is 13.3. The number of carbonyl (C=O) groups excluding carboxylic acids is 1. The van der Waals surface area contributed by atoms with E-state index in [2.05, 4.69) is 22.1 Å². The van der Waals surface area contributed by atoms with Crippen molar-refractivity contribution in [2.75, 3.05) is 26.2 Å². The van der Waals surface area contributed by atoms with Gasteiger partial charge in [-0.05, 0) is 61.6 Å². The van der Waals surface area contributed by atoms with E-state index in [1.54, 1.807) is 12.4 Å². The number of hydrogen-bond acceptors (Lipinski definition) is 5. The summed E-state index contributed by atoms with van der Waals surface area (Å²) in [6.45, 7) is 5.08. The van der Waals surface area contributed by atoms with Crippen LogP contribution in [0.15, 0.2) is 48.9 Å². The summed E-state index contributed by atoms with van der Waals surface area (Å²) in [5.41, 5.74) is 3.82. The Morgan fingerprint density at radius 1 is 1.30 bits per heavy atom. The smallest absolute Gasteiger partial charge is 0.221 e. The molecule has 1 amide bonds. The van der Waals surface area contributed by atoms with Gasteiger partial charge in [0, 0.05) is 42.3 Å². The molecule has 0 saturated carbocycles. The van der Waals surface area contributed by atoms with Crippen molar-refractivity contribution in [2.45, 2.75) is 45.1 Å². The van der Waals surface area contributed by atoms with Gasteiger partial charge in [-0.2, -0.15) is 0 Å². The largest absolute Gasteiger partial charge is 0.603 e. The van der Waals surface area contributed by atoms with Crippen LogP contribution in [0.25, 0.3) is 5.57 Å². The molecule has 176 valence electrons. The van der Waals surface area contributed by atoms with Gasteiger partial charge in [-0.1, -0.05) is 30.7 Å². The van der Waals surface area contributed by atoms with Crippen LogP contribution in [0.4, 0.5) is 5.69 Å². The van der Waals surface area contributed by atoms with E-state index in [4.69, 9.17) is 11.6 Å². The van der Waals surface area contributed by atoms with Crippen LogP contribution in [0.3, 0.4) is 0 Å². The van der Waals surface area contributed by atoms with Crippen LogP contribution >= 0.6 is 11.6 Å². The Bertz CT molecular complexity index is 981. The lowest BCUT2D eigenvalue weighted by atomic mass is 9.97. The van der Waals surface area contributed by atoms with Gasteiger partial charge in [-0.25, -0.2) is 10.2 Å². The van der Waals surface area contributed by atoms with E-state index < -0.39 is 0 Å². The molecule has 2 atom stereocenters. The van der Waals surface area contributed by atoms with E-state index in [9.17, 15) is 10.0 Å². The highest BCUT2D eigenvalue weighted by Crippen LogP contribution is 2.28. The highest BCUT2D eigenvalue weighted by Gasteiger charge is 2.31. The Labute approximate surface area is 200 Å². The standard InChI is InChI=1S/C25H32ClN5O2/c1-2-11-28-25(32)10-14-29-13-3-4-22(29)18-30-17-20(15-19-5-7-21(26)8-6-19)23-9-12-27-16-24(23)31(30)33/h5-9,12,16-17,22,31H,2-4,10-11,13-15,18H2,1H3,(H,28,32)/t22-/m1/s1. The molecule has 1 fully saturated rings. The van der Waals surface area contributed by atoms with Crippen molar-refractivity contribution in [2.24, 2.45) is 0 Å². The van der Waals surface area contributed by atoms with Crippen LogP contribution in [-0.4, -0.2) is 53.0 Å². The molecule has 2 N–H and O–H groups in total. The van der Waals surface area contributed by atoms with Crippen molar-refractivity contribution in [3.05, 3.63) is 70.3 Å². The third-order valence-electron chi connectivity index (χ3n) is 6.38. The zero-order valence-corrected chi connectivity index (χ0v) is 19.9.